The van der Waals surface area contributed by atoms with Crippen molar-refractivity contribution in [2.45, 2.75) is 5.16 Å². The Morgan fingerprint density at radius 2 is 2.05 bits per heavy atom. The van der Waals surface area contributed by atoms with Crippen LogP contribution in [-0.4, -0.2) is 36.7 Å². The lowest BCUT2D eigenvalue weighted by Gasteiger charge is -2.06. The molecule has 0 unspecified atom stereocenters. The molecule has 0 amide bonds. The van der Waals surface area contributed by atoms with E-state index in [1.165, 1.54) is 25.7 Å². The summed E-state index contributed by atoms with van der Waals surface area (Å²) in [6, 6.07) is 3.54. The number of hydrogen-bond donors (Lipinski definition) is 0. The first-order chi connectivity index (χ1) is 9.45. The molecule has 8 heteroatoms. The molecule has 0 spiro atoms. The fourth-order valence-electron chi connectivity index (χ4n) is 1.51. The Morgan fingerprint density at radius 1 is 1.30 bits per heavy atom. The van der Waals surface area contributed by atoms with Gasteiger partial charge in [-0.05, 0) is 6.07 Å². The van der Waals surface area contributed by atoms with Crippen LogP contribution >= 0.6 is 0 Å². The highest BCUT2D eigenvalue weighted by molar-refractivity contribution is 7.90. The number of aromatic nitrogens is 3. The monoisotopic (exact) mass is 290 g/mol. The summed E-state index contributed by atoms with van der Waals surface area (Å²) in [6.45, 7) is 0. The third kappa shape index (κ3) is 2.73. The molecule has 0 fully saturated rings. The second-order valence-corrected chi connectivity index (χ2v) is 5.82. The van der Waals surface area contributed by atoms with Gasteiger partial charge in [-0.3, -0.25) is 4.98 Å². The van der Waals surface area contributed by atoms with Gasteiger partial charge in [0, 0.05) is 18.0 Å². The second kappa shape index (κ2) is 5.22. The average molecular weight is 290 g/mol. The predicted octanol–water partition coefficient (Wildman–Crippen LogP) is 0.822. The molecule has 0 aromatic carbocycles. The van der Waals surface area contributed by atoms with Crippen LogP contribution in [0.4, 0.5) is 0 Å². The van der Waals surface area contributed by atoms with E-state index in [1.807, 2.05) is 6.07 Å². The molecule has 0 saturated carbocycles. The molecule has 0 saturated heterocycles. The van der Waals surface area contributed by atoms with E-state index < -0.39 is 9.84 Å². The molecule has 0 bridgehead atoms. The van der Waals surface area contributed by atoms with Crippen molar-refractivity contribution in [2.24, 2.45) is 0 Å². The zero-order valence-electron chi connectivity index (χ0n) is 10.7. The van der Waals surface area contributed by atoms with Crippen molar-refractivity contribution in [3.63, 3.8) is 0 Å². The first kappa shape index (κ1) is 13.9. The van der Waals surface area contributed by atoms with Crippen molar-refractivity contribution in [1.82, 2.24) is 15.0 Å². The smallest absolute Gasteiger partial charge is 0.247 e. The highest BCUT2D eigenvalue weighted by atomic mass is 32.2. The minimum Gasteiger partial charge on any atom is -0.495 e. The minimum atomic E-state index is -3.56. The van der Waals surface area contributed by atoms with Gasteiger partial charge < -0.3 is 4.74 Å². The highest BCUT2D eigenvalue weighted by Gasteiger charge is 2.16. The summed E-state index contributed by atoms with van der Waals surface area (Å²) in [5.74, 6) is 0.478. The Hall–Kier alpha value is -2.53. The van der Waals surface area contributed by atoms with E-state index in [4.69, 9.17) is 10.00 Å². The fraction of sp³-hybridized carbons (Fsp3) is 0.167. The van der Waals surface area contributed by atoms with E-state index >= 15 is 0 Å². The molecule has 0 aliphatic heterocycles. The first-order valence-corrected chi connectivity index (χ1v) is 7.31. The van der Waals surface area contributed by atoms with Crippen LogP contribution in [0.1, 0.15) is 5.56 Å². The lowest BCUT2D eigenvalue weighted by molar-refractivity contribution is 0.413. The Balaban J connectivity index is 2.68. The van der Waals surface area contributed by atoms with Crippen molar-refractivity contribution < 1.29 is 13.2 Å². The van der Waals surface area contributed by atoms with E-state index in [-0.39, 0.29) is 16.4 Å². The van der Waals surface area contributed by atoms with Gasteiger partial charge in [0.1, 0.15) is 11.8 Å². The van der Waals surface area contributed by atoms with Crippen LogP contribution in [0.5, 0.6) is 5.75 Å². The van der Waals surface area contributed by atoms with Crippen molar-refractivity contribution in [1.29, 1.82) is 5.26 Å². The molecule has 7 nitrogen and oxygen atoms in total. The van der Waals surface area contributed by atoms with E-state index in [1.54, 1.807) is 6.07 Å². The summed E-state index contributed by atoms with van der Waals surface area (Å²) in [4.78, 5) is 11.6. The van der Waals surface area contributed by atoms with Crippen molar-refractivity contribution in [2.75, 3.05) is 13.4 Å². The Kier molecular flexibility index (Phi) is 3.63. The summed E-state index contributed by atoms with van der Waals surface area (Å²) in [6.07, 6.45) is 5.14. The van der Waals surface area contributed by atoms with Gasteiger partial charge in [-0.15, -0.1) is 0 Å². The molecule has 0 atom stereocenters. The van der Waals surface area contributed by atoms with Gasteiger partial charge in [-0.1, -0.05) is 0 Å². The average Bonchev–Trinajstić information content (AvgIpc) is 2.45. The fourth-order valence-corrected chi connectivity index (χ4v) is 2.01. The minimum absolute atomic E-state index is 0.160. The van der Waals surface area contributed by atoms with Crippen LogP contribution in [-0.2, 0) is 9.84 Å². The molecule has 20 heavy (non-hydrogen) atoms. The number of rotatable bonds is 3. The van der Waals surface area contributed by atoms with Crippen LogP contribution in [0, 0.1) is 11.3 Å². The van der Waals surface area contributed by atoms with Crippen molar-refractivity contribution in [3.05, 3.63) is 30.2 Å². The molecular weight excluding hydrogens is 280 g/mol. The summed E-state index contributed by atoms with van der Waals surface area (Å²) >= 11 is 0. The second-order valence-electron chi connectivity index (χ2n) is 3.91. The van der Waals surface area contributed by atoms with Gasteiger partial charge in [0.05, 0.1) is 30.8 Å². The lowest BCUT2D eigenvalue weighted by atomic mass is 10.1. The standard InChI is InChI=1S/C12H10N4O3S/c1-19-10-3-8(5-14-7-10)11-9(4-13)6-15-12(16-11)20(2,17)18/h3,5-7H,1-2H3. The SMILES string of the molecule is COc1cncc(-c2nc(S(C)(=O)=O)ncc2C#N)c1. The predicted molar refractivity (Wildman–Crippen MR) is 69.6 cm³/mol. The van der Waals surface area contributed by atoms with Crippen LogP contribution in [0.2, 0.25) is 0 Å². The molecule has 2 heterocycles. The molecule has 0 radical (unpaired) electrons. The molecule has 0 N–H and O–H groups in total. The van der Waals surface area contributed by atoms with Gasteiger partial charge in [0.25, 0.3) is 0 Å². The quantitative estimate of drug-likeness (QED) is 0.770. The highest BCUT2D eigenvalue weighted by Crippen LogP contribution is 2.24. The van der Waals surface area contributed by atoms with E-state index in [9.17, 15) is 8.42 Å². The Bertz CT molecular complexity index is 797. The third-order valence-electron chi connectivity index (χ3n) is 2.44. The number of nitriles is 1. The van der Waals surface area contributed by atoms with E-state index in [0.717, 1.165) is 6.26 Å². The van der Waals surface area contributed by atoms with Crippen molar-refractivity contribution >= 4 is 9.84 Å². The maximum Gasteiger partial charge on any atom is 0.247 e. The van der Waals surface area contributed by atoms with Crippen LogP contribution < -0.4 is 4.74 Å². The zero-order valence-corrected chi connectivity index (χ0v) is 11.5. The molecule has 0 aliphatic rings. The van der Waals surface area contributed by atoms with E-state index in [0.29, 0.717) is 11.3 Å². The largest absolute Gasteiger partial charge is 0.495 e. The normalized spacial score (nSPS) is 10.8. The number of nitrogens with zero attached hydrogens (tertiary/aromatic N) is 4. The maximum absolute atomic E-state index is 11.5. The molecule has 2 aromatic heterocycles. The molecule has 2 rings (SSSR count). The van der Waals surface area contributed by atoms with Crippen LogP contribution in [0.3, 0.4) is 0 Å². The Labute approximate surface area is 115 Å². The number of sulfone groups is 1. The van der Waals surface area contributed by atoms with Gasteiger partial charge in [0.15, 0.2) is 0 Å². The number of hydrogen-bond acceptors (Lipinski definition) is 7. The lowest BCUT2D eigenvalue weighted by Crippen LogP contribution is -2.06. The van der Waals surface area contributed by atoms with Crippen molar-refractivity contribution in [3.8, 4) is 23.1 Å². The molecular formula is C12H10N4O3S. The summed E-state index contributed by atoms with van der Waals surface area (Å²) in [7, 11) is -2.08. The van der Waals surface area contributed by atoms with Gasteiger partial charge in [-0.2, -0.15) is 5.26 Å². The van der Waals surface area contributed by atoms with E-state index in [2.05, 4.69) is 15.0 Å². The van der Waals surface area contributed by atoms with Crippen LogP contribution in [0.15, 0.2) is 29.8 Å². The number of methoxy groups -OCH3 is 1. The topological polar surface area (TPSA) is 106 Å². The number of ether oxygens (including phenoxy) is 1. The molecule has 2 aromatic rings. The van der Waals surface area contributed by atoms with Gasteiger partial charge >= 0.3 is 0 Å². The summed E-state index contributed by atoms with van der Waals surface area (Å²) in [5.41, 5.74) is 0.843. The van der Waals surface area contributed by atoms with Gasteiger partial charge in [0.2, 0.25) is 15.0 Å². The molecule has 0 aliphatic carbocycles. The summed E-state index contributed by atoms with van der Waals surface area (Å²) < 4.78 is 28.0. The number of pyridine rings is 1. The zero-order chi connectivity index (χ0) is 14.8. The molecule has 102 valence electrons. The summed E-state index contributed by atoms with van der Waals surface area (Å²) in [5, 5.41) is 8.73. The third-order valence-corrected chi connectivity index (χ3v) is 3.30. The Morgan fingerprint density at radius 3 is 2.65 bits per heavy atom. The van der Waals surface area contributed by atoms with Gasteiger partial charge in [-0.25, -0.2) is 18.4 Å². The first-order valence-electron chi connectivity index (χ1n) is 5.42. The maximum atomic E-state index is 11.5. The van der Waals surface area contributed by atoms with Crippen LogP contribution in [0.25, 0.3) is 11.3 Å².